The first-order valence-corrected chi connectivity index (χ1v) is 11.9. The maximum absolute atomic E-state index is 12.9. The van der Waals surface area contributed by atoms with Gasteiger partial charge in [-0.15, -0.1) is 10.2 Å². The van der Waals surface area contributed by atoms with Gasteiger partial charge in [-0.1, -0.05) is 54.8 Å². The van der Waals surface area contributed by atoms with Gasteiger partial charge in [0.2, 0.25) is 11.7 Å². The lowest BCUT2D eigenvalue weighted by Crippen LogP contribution is -2.28. The summed E-state index contributed by atoms with van der Waals surface area (Å²) < 4.78 is 7.80. The molecule has 0 unspecified atom stereocenters. The van der Waals surface area contributed by atoms with Gasteiger partial charge in [0, 0.05) is 19.6 Å². The number of furan rings is 1. The molecule has 1 aliphatic carbocycles. The molecule has 2 heterocycles. The molecule has 7 heteroatoms. The molecular formula is C24H30N4O2S. The molecule has 6 nitrogen and oxygen atoms in total. The number of aromatic nitrogens is 3. The lowest BCUT2D eigenvalue weighted by Gasteiger charge is -2.25. The molecular weight excluding hydrogens is 408 g/mol. The number of aryl methyl sites for hydroxylation is 2. The topological polar surface area (TPSA) is 64.2 Å². The highest BCUT2D eigenvalue weighted by Gasteiger charge is 2.25. The summed E-state index contributed by atoms with van der Waals surface area (Å²) in [6.45, 7) is 4.79. The van der Waals surface area contributed by atoms with E-state index in [-0.39, 0.29) is 5.91 Å². The molecule has 1 saturated carbocycles. The second kappa shape index (κ2) is 9.73. The van der Waals surface area contributed by atoms with Crippen molar-refractivity contribution in [2.45, 2.75) is 63.7 Å². The first kappa shape index (κ1) is 21.7. The van der Waals surface area contributed by atoms with Gasteiger partial charge in [0.05, 0.1) is 12.0 Å². The Labute approximate surface area is 188 Å². The van der Waals surface area contributed by atoms with Crippen LogP contribution >= 0.6 is 11.8 Å². The molecule has 4 rings (SSSR count). The van der Waals surface area contributed by atoms with Gasteiger partial charge in [-0.3, -0.25) is 9.36 Å². The van der Waals surface area contributed by atoms with Crippen LogP contribution in [0, 0.1) is 13.8 Å². The van der Waals surface area contributed by atoms with E-state index in [4.69, 9.17) is 4.42 Å². The average molecular weight is 439 g/mol. The minimum atomic E-state index is 0.0858. The van der Waals surface area contributed by atoms with Crippen LogP contribution in [-0.2, 0) is 11.3 Å². The number of hydrogen-bond acceptors (Lipinski definition) is 5. The summed E-state index contributed by atoms with van der Waals surface area (Å²) in [6.07, 6.45) is 7.58. The third-order valence-electron chi connectivity index (χ3n) is 6.00. The van der Waals surface area contributed by atoms with E-state index >= 15 is 0 Å². The fourth-order valence-corrected chi connectivity index (χ4v) is 5.17. The Bertz CT molecular complexity index is 1020. The van der Waals surface area contributed by atoms with Crippen LogP contribution in [0.1, 0.15) is 54.8 Å². The Morgan fingerprint density at radius 2 is 2.00 bits per heavy atom. The van der Waals surface area contributed by atoms with Crippen LogP contribution < -0.4 is 0 Å². The zero-order valence-corrected chi connectivity index (χ0v) is 19.3. The molecule has 1 aromatic carbocycles. The van der Waals surface area contributed by atoms with E-state index < -0.39 is 0 Å². The highest BCUT2D eigenvalue weighted by atomic mass is 32.2. The number of hydrogen-bond donors (Lipinski definition) is 0. The van der Waals surface area contributed by atoms with Gasteiger partial charge in [0.15, 0.2) is 10.9 Å². The standard InChI is InChI=1S/C24H30N4O2S/c1-17-11-12-19(18(2)14-17)15-27(3)22(29)16-31-24-26-25-23(21-10-7-13-30-21)28(24)20-8-5-4-6-9-20/h7,10-14,20H,4-6,8-9,15-16H2,1-3H3. The number of nitrogens with zero attached hydrogens (tertiary/aromatic N) is 4. The largest absolute Gasteiger partial charge is 0.461 e. The van der Waals surface area contributed by atoms with Gasteiger partial charge in [-0.25, -0.2) is 0 Å². The molecule has 164 valence electrons. The lowest BCUT2D eigenvalue weighted by atomic mass is 9.95. The quantitative estimate of drug-likeness (QED) is 0.462. The smallest absolute Gasteiger partial charge is 0.233 e. The van der Waals surface area contributed by atoms with Crippen molar-refractivity contribution in [3.63, 3.8) is 0 Å². The minimum Gasteiger partial charge on any atom is -0.461 e. The summed E-state index contributed by atoms with van der Waals surface area (Å²) in [6, 6.07) is 10.5. The number of carbonyl (C=O) groups is 1. The van der Waals surface area contributed by atoms with Crippen LogP contribution in [0.2, 0.25) is 0 Å². The Kier molecular flexibility index (Phi) is 6.80. The summed E-state index contributed by atoms with van der Waals surface area (Å²) in [5.41, 5.74) is 3.63. The number of rotatable bonds is 7. The second-order valence-electron chi connectivity index (χ2n) is 8.41. The van der Waals surface area contributed by atoms with Crippen LogP contribution in [0.5, 0.6) is 0 Å². The third-order valence-corrected chi connectivity index (χ3v) is 6.93. The summed E-state index contributed by atoms with van der Waals surface area (Å²) in [4.78, 5) is 14.6. The maximum atomic E-state index is 12.9. The van der Waals surface area contributed by atoms with Crippen LogP contribution in [0.3, 0.4) is 0 Å². The highest BCUT2D eigenvalue weighted by molar-refractivity contribution is 7.99. The van der Waals surface area contributed by atoms with E-state index in [0.29, 0.717) is 18.3 Å². The molecule has 0 radical (unpaired) electrons. The van der Waals surface area contributed by atoms with E-state index in [9.17, 15) is 4.79 Å². The SMILES string of the molecule is Cc1ccc(CN(C)C(=O)CSc2nnc(-c3ccco3)n2C2CCCCC2)c(C)c1. The van der Waals surface area contributed by atoms with Crippen LogP contribution in [0.25, 0.3) is 11.6 Å². The lowest BCUT2D eigenvalue weighted by molar-refractivity contribution is -0.127. The zero-order chi connectivity index (χ0) is 21.8. The van der Waals surface area contributed by atoms with Crippen molar-refractivity contribution in [2.75, 3.05) is 12.8 Å². The van der Waals surface area contributed by atoms with Crippen molar-refractivity contribution in [3.8, 4) is 11.6 Å². The zero-order valence-electron chi connectivity index (χ0n) is 18.5. The fraction of sp³-hybridized carbons (Fsp3) is 0.458. The van der Waals surface area contributed by atoms with Crippen molar-refractivity contribution >= 4 is 17.7 Å². The molecule has 0 aliphatic heterocycles. The average Bonchev–Trinajstić information content (AvgIpc) is 3.44. The number of amides is 1. The summed E-state index contributed by atoms with van der Waals surface area (Å²) in [5, 5.41) is 9.65. The van der Waals surface area contributed by atoms with Gasteiger partial charge in [-0.2, -0.15) is 0 Å². The molecule has 1 aliphatic rings. The minimum absolute atomic E-state index is 0.0858. The molecule has 0 bridgehead atoms. The normalized spacial score (nSPS) is 14.7. The van der Waals surface area contributed by atoms with Crippen molar-refractivity contribution in [3.05, 3.63) is 53.3 Å². The van der Waals surface area contributed by atoms with E-state index in [1.54, 1.807) is 11.2 Å². The molecule has 0 atom stereocenters. The molecule has 0 N–H and O–H groups in total. The van der Waals surface area contributed by atoms with Crippen molar-refractivity contribution < 1.29 is 9.21 Å². The van der Waals surface area contributed by atoms with Crippen LogP contribution in [0.4, 0.5) is 0 Å². The molecule has 31 heavy (non-hydrogen) atoms. The van der Waals surface area contributed by atoms with Crippen molar-refractivity contribution in [1.82, 2.24) is 19.7 Å². The first-order valence-electron chi connectivity index (χ1n) is 10.9. The predicted octanol–water partition coefficient (Wildman–Crippen LogP) is 5.41. The first-order chi connectivity index (χ1) is 15.0. The summed E-state index contributed by atoms with van der Waals surface area (Å²) in [5.74, 6) is 1.91. The van der Waals surface area contributed by atoms with Crippen LogP contribution in [-0.4, -0.2) is 38.4 Å². The molecule has 1 fully saturated rings. The summed E-state index contributed by atoms with van der Waals surface area (Å²) >= 11 is 1.47. The summed E-state index contributed by atoms with van der Waals surface area (Å²) in [7, 11) is 1.86. The second-order valence-corrected chi connectivity index (χ2v) is 9.36. The van der Waals surface area contributed by atoms with E-state index in [1.165, 1.54) is 47.7 Å². The Balaban J connectivity index is 1.46. The van der Waals surface area contributed by atoms with Crippen molar-refractivity contribution in [2.24, 2.45) is 0 Å². The number of thioether (sulfide) groups is 1. The molecule has 0 saturated heterocycles. The fourth-order valence-electron chi connectivity index (χ4n) is 4.22. The van der Waals surface area contributed by atoms with Crippen LogP contribution in [0.15, 0.2) is 46.2 Å². The van der Waals surface area contributed by atoms with E-state index in [1.807, 2.05) is 19.2 Å². The Morgan fingerprint density at radius 1 is 1.19 bits per heavy atom. The van der Waals surface area contributed by atoms with E-state index in [2.05, 4.69) is 46.8 Å². The number of carbonyl (C=O) groups excluding carboxylic acids is 1. The van der Waals surface area contributed by atoms with Gasteiger partial charge in [-0.05, 0) is 49.9 Å². The number of benzene rings is 1. The molecule has 2 aromatic heterocycles. The van der Waals surface area contributed by atoms with E-state index in [0.717, 1.165) is 29.6 Å². The molecule has 0 spiro atoms. The predicted molar refractivity (Wildman–Crippen MR) is 123 cm³/mol. The van der Waals surface area contributed by atoms with Gasteiger partial charge < -0.3 is 9.32 Å². The molecule has 1 amide bonds. The van der Waals surface area contributed by atoms with Gasteiger partial charge in [0.25, 0.3) is 0 Å². The van der Waals surface area contributed by atoms with Gasteiger partial charge in [0.1, 0.15) is 0 Å². The highest BCUT2D eigenvalue weighted by Crippen LogP contribution is 2.35. The van der Waals surface area contributed by atoms with Gasteiger partial charge >= 0.3 is 0 Å². The van der Waals surface area contributed by atoms with Crippen molar-refractivity contribution in [1.29, 1.82) is 0 Å². The maximum Gasteiger partial charge on any atom is 0.233 e. The Morgan fingerprint density at radius 3 is 2.71 bits per heavy atom. The monoisotopic (exact) mass is 438 g/mol. The molecule has 3 aromatic rings. The third kappa shape index (κ3) is 5.03. The Hall–Kier alpha value is -2.54.